The van der Waals surface area contributed by atoms with Crippen LogP contribution in [0.4, 0.5) is 5.82 Å². The largest absolute Gasteiger partial charge is 0.356 e. The summed E-state index contributed by atoms with van der Waals surface area (Å²) in [5, 5.41) is 0. The number of imidazole rings is 1. The van der Waals surface area contributed by atoms with Crippen molar-refractivity contribution in [2.24, 2.45) is 13.0 Å². The van der Waals surface area contributed by atoms with Crippen molar-refractivity contribution >= 4 is 11.6 Å². The Morgan fingerprint density at radius 2 is 2.13 bits per heavy atom. The molecular weight excluding hydrogens is 290 g/mol. The van der Waals surface area contributed by atoms with Crippen molar-refractivity contribution in [3.8, 4) is 0 Å². The van der Waals surface area contributed by atoms with E-state index in [4.69, 9.17) is 0 Å². The molecule has 122 valence electrons. The van der Waals surface area contributed by atoms with E-state index in [1.807, 2.05) is 19.3 Å². The molecule has 1 unspecified atom stereocenters. The van der Waals surface area contributed by atoms with Crippen LogP contribution in [0.25, 0.3) is 0 Å². The van der Waals surface area contributed by atoms with Crippen molar-refractivity contribution in [2.75, 3.05) is 18.0 Å². The van der Waals surface area contributed by atoms with Gasteiger partial charge < -0.3 is 9.47 Å². The minimum atomic E-state index is -0.0256. The summed E-state index contributed by atoms with van der Waals surface area (Å²) in [5.74, 6) is 1.93. The van der Waals surface area contributed by atoms with Crippen molar-refractivity contribution in [1.29, 1.82) is 0 Å². The molecule has 0 aliphatic carbocycles. The first-order valence-electron chi connectivity index (χ1n) is 8.14. The molecule has 0 aromatic carbocycles. The van der Waals surface area contributed by atoms with E-state index in [1.165, 1.54) is 0 Å². The molecule has 2 aromatic heterocycles. The first-order valence-corrected chi connectivity index (χ1v) is 8.14. The molecule has 1 fully saturated rings. The normalized spacial score (nSPS) is 18.4. The fourth-order valence-corrected chi connectivity index (χ4v) is 3.04. The second-order valence-electron chi connectivity index (χ2n) is 6.47. The molecule has 0 saturated carbocycles. The molecule has 1 saturated heterocycles. The summed E-state index contributed by atoms with van der Waals surface area (Å²) in [4.78, 5) is 27.8. The van der Waals surface area contributed by atoms with Crippen LogP contribution in [-0.4, -0.2) is 38.4 Å². The average Bonchev–Trinajstić information content (AvgIpc) is 3.00. The molecule has 3 heterocycles. The van der Waals surface area contributed by atoms with Gasteiger partial charge in [-0.3, -0.25) is 4.79 Å². The van der Waals surface area contributed by atoms with Crippen LogP contribution in [0.5, 0.6) is 0 Å². The molecule has 0 bridgehead atoms. The summed E-state index contributed by atoms with van der Waals surface area (Å²) >= 11 is 0. The highest BCUT2D eigenvalue weighted by molar-refractivity contribution is 5.95. The minimum Gasteiger partial charge on any atom is -0.356 e. The Labute approximate surface area is 136 Å². The van der Waals surface area contributed by atoms with Gasteiger partial charge in [-0.1, -0.05) is 13.8 Å². The molecule has 23 heavy (non-hydrogen) atoms. The fourth-order valence-electron chi connectivity index (χ4n) is 3.04. The second kappa shape index (κ2) is 6.48. The van der Waals surface area contributed by atoms with Crippen LogP contribution in [0.2, 0.25) is 0 Å². The van der Waals surface area contributed by atoms with Gasteiger partial charge in [-0.25, -0.2) is 15.0 Å². The van der Waals surface area contributed by atoms with Crippen LogP contribution < -0.4 is 4.90 Å². The summed E-state index contributed by atoms with van der Waals surface area (Å²) < 4.78 is 1.79. The maximum Gasteiger partial charge on any atom is 0.203 e. The molecule has 0 amide bonds. The number of aryl methyl sites for hydroxylation is 1. The Hall–Kier alpha value is -2.24. The van der Waals surface area contributed by atoms with Gasteiger partial charge in [0, 0.05) is 50.2 Å². The van der Waals surface area contributed by atoms with E-state index in [-0.39, 0.29) is 11.7 Å². The van der Waals surface area contributed by atoms with Gasteiger partial charge in [-0.05, 0) is 18.8 Å². The highest BCUT2D eigenvalue weighted by atomic mass is 16.1. The standard InChI is InChI=1S/C17H23N5O/c1-12(2)14-9-15(20-11-19-14)22-7-4-5-13(10-22)16(23)17-18-6-8-21(17)3/h6,8-9,11-13H,4-5,7,10H2,1-3H3. The van der Waals surface area contributed by atoms with Gasteiger partial charge in [0.15, 0.2) is 5.82 Å². The Bertz CT molecular complexity index is 694. The summed E-state index contributed by atoms with van der Waals surface area (Å²) in [6.45, 7) is 5.87. The number of hydrogen-bond donors (Lipinski definition) is 0. The Morgan fingerprint density at radius 1 is 1.30 bits per heavy atom. The zero-order valence-corrected chi connectivity index (χ0v) is 13.9. The monoisotopic (exact) mass is 313 g/mol. The van der Waals surface area contributed by atoms with Crippen LogP contribution in [0.3, 0.4) is 0 Å². The van der Waals surface area contributed by atoms with Gasteiger partial charge in [0.25, 0.3) is 0 Å². The number of aromatic nitrogens is 4. The van der Waals surface area contributed by atoms with Crippen molar-refractivity contribution in [3.63, 3.8) is 0 Å². The molecule has 1 aliphatic heterocycles. The number of ketones is 1. The minimum absolute atomic E-state index is 0.0256. The lowest BCUT2D eigenvalue weighted by atomic mass is 9.93. The summed E-state index contributed by atoms with van der Waals surface area (Å²) in [5.41, 5.74) is 1.03. The topological polar surface area (TPSA) is 63.9 Å². The Kier molecular flexibility index (Phi) is 4.41. The lowest BCUT2D eigenvalue weighted by Crippen LogP contribution is -2.39. The third-order valence-corrected chi connectivity index (χ3v) is 4.42. The lowest BCUT2D eigenvalue weighted by Gasteiger charge is -2.32. The van der Waals surface area contributed by atoms with E-state index in [0.29, 0.717) is 18.3 Å². The van der Waals surface area contributed by atoms with Crippen LogP contribution in [-0.2, 0) is 7.05 Å². The molecule has 0 radical (unpaired) electrons. The molecule has 3 rings (SSSR count). The number of hydrogen-bond acceptors (Lipinski definition) is 5. The number of anilines is 1. The molecule has 2 aromatic rings. The van der Waals surface area contributed by atoms with E-state index in [9.17, 15) is 4.79 Å². The van der Waals surface area contributed by atoms with Gasteiger partial charge in [0.1, 0.15) is 12.1 Å². The average molecular weight is 313 g/mol. The van der Waals surface area contributed by atoms with Gasteiger partial charge in [-0.2, -0.15) is 0 Å². The molecular formula is C17H23N5O. The lowest BCUT2D eigenvalue weighted by molar-refractivity contribution is 0.0893. The molecule has 0 N–H and O–H groups in total. The number of nitrogens with zero attached hydrogens (tertiary/aromatic N) is 5. The van der Waals surface area contributed by atoms with E-state index in [1.54, 1.807) is 17.1 Å². The zero-order valence-electron chi connectivity index (χ0n) is 13.9. The molecule has 6 nitrogen and oxygen atoms in total. The van der Waals surface area contributed by atoms with E-state index in [0.717, 1.165) is 30.9 Å². The summed E-state index contributed by atoms with van der Waals surface area (Å²) in [6, 6.07) is 2.04. The number of carbonyl (C=O) groups excluding carboxylic acids is 1. The first kappa shape index (κ1) is 15.6. The number of carbonyl (C=O) groups is 1. The van der Waals surface area contributed by atoms with Crippen molar-refractivity contribution in [3.05, 3.63) is 36.3 Å². The van der Waals surface area contributed by atoms with Crippen LogP contribution >= 0.6 is 0 Å². The summed E-state index contributed by atoms with van der Waals surface area (Å²) in [6.07, 6.45) is 7.00. The number of piperidine rings is 1. The quantitative estimate of drug-likeness (QED) is 0.811. The van der Waals surface area contributed by atoms with Crippen LogP contribution in [0.1, 0.15) is 48.9 Å². The third-order valence-electron chi connectivity index (χ3n) is 4.42. The fraction of sp³-hybridized carbons (Fsp3) is 0.529. The smallest absolute Gasteiger partial charge is 0.203 e. The first-order chi connectivity index (χ1) is 11.1. The maximum absolute atomic E-state index is 12.7. The van der Waals surface area contributed by atoms with Crippen LogP contribution in [0, 0.1) is 5.92 Å². The van der Waals surface area contributed by atoms with Crippen molar-refractivity contribution in [2.45, 2.75) is 32.6 Å². The molecule has 1 atom stereocenters. The van der Waals surface area contributed by atoms with Crippen molar-refractivity contribution < 1.29 is 4.79 Å². The Balaban J connectivity index is 1.77. The van der Waals surface area contributed by atoms with Gasteiger partial charge in [0.2, 0.25) is 5.78 Å². The maximum atomic E-state index is 12.7. The van der Waals surface area contributed by atoms with E-state index < -0.39 is 0 Å². The Morgan fingerprint density at radius 3 is 2.83 bits per heavy atom. The number of rotatable bonds is 4. The van der Waals surface area contributed by atoms with Gasteiger partial charge >= 0.3 is 0 Å². The highest BCUT2D eigenvalue weighted by Gasteiger charge is 2.29. The SMILES string of the molecule is CC(C)c1cc(N2CCCC(C(=O)c3nccn3C)C2)ncn1. The van der Waals surface area contributed by atoms with E-state index in [2.05, 4.69) is 33.7 Å². The molecule has 6 heteroatoms. The predicted octanol–water partition coefficient (Wildman–Crippen LogP) is 2.43. The third kappa shape index (κ3) is 3.25. The van der Waals surface area contributed by atoms with Crippen molar-refractivity contribution in [1.82, 2.24) is 19.5 Å². The number of Topliss-reactive ketones (excluding diaryl/α,β-unsaturated/α-hetero) is 1. The van der Waals surface area contributed by atoms with Gasteiger partial charge in [0.05, 0.1) is 0 Å². The van der Waals surface area contributed by atoms with Gasteiger partial charge in [-0.15, -0.1) is 0 Å². The highest BCUT2D eigenvalue weighted by Crippen LogP contribution is 2.25. The second-order valence-corrected chi connectivity index (χ2v) is 6.47. The molecule has 1 aliphatic rings. The summed E-state index contributed by atoms with van der Waals surface area (Å²) in [7, 11) is 1.86. The predicted molar refractivity (Wildman–Crippen MR) is 88.6 cm³/mol. The van der Waals surface area contributed by atoms with E-state index >= 15 is 0 Å². The zero-order chi connectivity index (χ0) is 16.4. The van der Waals surface area contributed by atoms with Crippen LogP contribution in [0.15, 0.2) is 24.8 Å². The molecule has 0 spiro atoms.